The van der Waals surface area contributed by atoms with Gasteiger partial charge >= 0.3 is 0 Å². The third kappa shape index (κ3) is 9.27. The van der Waals surface area contributed by atoms with Crippen LogP contribution >= 0.6 is 38.6 Å². The van der Waals surface area contributed by atoms with Gasteiger partial charge in [-0.15, -0.1) is 22.7 Å². The second-order valence-corrected chi connectivity index (χ2v) is 26.1. The summed E-state index contributed by atoms with van der Waals surface area (Å²) in [5.74, 6) is 3.24. The van der Waals surface area contributed by atoms with Gasteiger partial charge in [0.05, 0.1) is 15.7 Å². The summed E-state index contributed by atoms with van der Waals surface area (Å²) in [4.78, 5) is 29.2. The number of halogens is 1. The lowest BCUT2D eigenvalue weighted by molar-refractivity contribution is 0.956. The molecule has 20 rings (SSSR count). The Morgan fingerprint density at radius 3 is 1.37 bits per heavy atom. The molecule has 0 radical (unpaired) electrons. The number of nitrogens with zero attached hydrogens (tertiary/aromatic N) is 7. The van der Waals surface area contributed by atoms with Gasteiger partial charge in [0.1, 0.15) is 0 Å². The first-order valence-electron chi connectivity index (χ1n) is 31.0. The quantitative estimate of drug-likeness (QED) is 0.171. The van der Waals surface area contributed by atoms with Gasteiger partial charge in [0.25, 0.3) is 0 Å². The fourth-order valence-corrected chi connectivity index (χ4v) is 16.8. The van der Waals surface area contributed by atoms with Crippen molar-refractivity contribution in [1.82, 2.24) is 34.5 Å². The minimum atomic E-state index is 0.536. The van der Waals surface area contributed by atoms with E-state index in [0.29, 0.717) is 34.0 Å². The summed E-state index contributed by atoms with van der Waals surface area (Å²) in [6.45, 7) is 0. The molecule has 0 bridgehead atoms. The van der Waals surface area contributed by atoms with E-state index in [1.54, 1.807) is 0 Å². The van der Waals surface area contributed by atoms with Crippen LogP contribution in [0.2, 0.25) is 0 Å². The van der Waals surface area contributed by atoms with Crippen molar-refractivity contribution in [2.45, 2.75) is 6.42 Å². The molecule has 5 heterocycles. The number of thiophene rings is 2. The highest BCUT2D eigenvalue weighted by atomic mass is 79.9. The summed E-state index contributed by atoms with van der Waals surface area (Å²) in [5, 5.41) is 17.6. The molecule has 14 aromatic carbocycles. The van der Waals surface area contributed by atoms with Gasteiger partial charge in [0.2, 0.25) is 10.7 Å². The standard InChI is InChI=1S/C41H24N4S.C23H14S.C19H12BrN3/c1-2-14-26(15-3-1)39-42-40(30-22-12-16-25-13-4-5-17-27(25)30)44-41(43-39)45-33-23-10-8-20-31(33)35-28-18-6-7-19-29(28)36-32-21-9-11-24-34(32)46-38(36)37(35)45;1-2-8-15-14(7-1)13-19-21(15)16-9-3-4-10-17(16)22-18-11-5-6-12-20(18)24-23(19)22;20-19-22-17(14-8-2-1-3-9-14)21-18(23-19)16-12-6-10-13-7-4-5-11-15(13)16/h1-24H;1-12H,13H2;1-12H. The van der Waals surface area contributed by atoms with Crippen LogP contribution in [0.5, 0.6) is 0 Å². The Morgan fingerprint density at radius 1 is 0.312 bits per heavy atom. The first-order chi connectivity index (χ1) is 46.1. The Kier molecular flexibility index (Phi) is 13.3. The molecule has 1 aliphatic carbocycles. The maximum absolute atomic E-state index is 5.31. The molecule has 93 heavy (non-hydrogen) atoms. The van der Waals surface area contributed by atoms with Gasteiger partial charge in [-0.3, -0.25) is 4.57 Å². The Morgan fingerprint density at radius 2 is 0.731 bits per heavy atom. The second-order valence-electron chi connectivity index (χ2n) is 23.3. The Hall–Kier alpha value is -11.1. The van der Waals surface area contributed by atoms with Crippen LogP contribution in [0.15, 0.2) is 296 Å². The number of para-hydroxylation sites is 1. The Balaban J connectivity index is 0.000000114. The molecule has 0 unspecified atom stereocenters. The molecule has 0 saturated heterocycles. The summed E-state index contributed by atoms with van der Waals surface area (Å²) in [7, 11) is 0. The lowest BCUT2D eigenvalue weighted by Crippen LogP contribution is -2.06. The predicted molar refractivity (Wildman–Crippen MR) is 394 cm³/mol. The lowest BCUT2D eigenvalue weighted by Gasteiger charge is -2.13. The third-order valence-electron chi connectivity index (χ3n) is 18.0. The maximum atomic E-state index is 5.31. The maximum Gasteiger partial charge on any atom is 0.238 e. The molecular formula is C83H50BrN7S2. The SMILES string of the molecule is Brc1nc(-c2ccccc2)nc(-c2cccc3ccccc23)n1.c1ccc(-c2nc(-c3cccc4ccccc34)nc(-n3c4ccccc4c4c5ccccc5c5c6ccccc6sc5c43)n2)cc1.c1ccc2c(c1)Cc1c-2c2ccccc2c2c1sc1ccccc12. The van der Waals surface area contributed by atoms with Crippen molar-refractivity contribution in [3.05, 3.63) is 307 Å². The smallest absolute Gasteiger partial charge is 0.238 e. The van der Waals surface area contributed by atoms with E-state index in [4.69, 9.17) is 15.0 Å². The number of aromatic nitrogens is 7. The van der Waals surface area contributed by atoms with E-state index in [9.17, 15) is 0 Å². The minimum absolute atomic E-state index is 0.536. The summed E-state index contributed by atoms with van der Waals surface area (Å²) in [6.07, 6.45) is 1.06. The normalized spacial score (nSPS) is 11.9. The summed E-state index contributed by atoms with van der Waals surface area (Å²) in [5.41, 5.74) is 12.0. The molecule has 1 aliphatic rings. The molecule has 0 amide bonds. The second kappa shape index (κ2) is 22.7. The predicted octanol–water partition coefficient (Wildman–Crippen LogP) is 22.9. The number of hydrogen-bond donors (Lipinski definition) is 0. The topological polar surface area (TPSA) is 82.3 Å². The van der Waals surface area contributed by atoms with E-state index in [2.05, 4.69) is 254 Å². The van der Waals surface area contributed by atoms with E-state index in [1.807, 2.05) is 95.5 Å². The van der Waals surface area contributed by atoms with Crippen molar-refractivity contribution < 1.29 is 0 Å². The van der Waals surface area contributed by atoms with E-state index in [-0.39, 0.29) is 0 Å². The number of rotatable bonds is 5. The lowest BCUT2D eigenvalue weighted by atomic mass is 9.94. The van der Waals surface area contributed by atoms with Crippen LogP contribution in [0.3, 0.4) is 0 Å². The van der Waals surface area contributed by atoms with Gasteiger partial charge in [0.15, 0.2) is 23.3 Å². The number of hydrogen-bond acceptors (Lipinski definition) is 8. The summed E-state index contributed by atoms with van der Waals surface area (Å²) < 4.78 is 8.18. The average molecular weight is 1290 g/mol. The Bertz CT molecular complexity index is 6190. The fraction of sp³-hybridized carbons (Fsp3) is 0.0120. The van der Waals surface area contributed by atoms with Crippen molar-refractivity contribution in [3.63, 3.8) is 0 Å². The molecule has 5 aromatic heterocycles. The van der Waals surface area contributed by atoms with Gasteiger partial charge in [-0.2, -0.15) is 9.97 Å². The van der Waals surface area contributed by atoms with Gasteiger partial charge in [-0.25, -0.2) is 19.9 Å². The highest BCUT2D eigenvalue weighted by Crippen LogP contribution is 2.51. The molecule has 436 valence electrons. The molecule has 0 saturated carbocycles. The largest absolute Gasteiger partial charge is 0.276 e. The molecule has 0 N–H and O–H groups in total. The molecule has 0 atom stereocenters. The molecule has 0 spiro atoms. The summed E-state index contributed by atoms with van der Waals surface area (Å²) >= 11 is 7.20. The van der Waals surface area contributed by atoms with Crippen LogP contribution in [-0.2, 0) is 6.42 Å². The number of fused-ring (bicyclic) bond motifs is 22. The first-order valence-corrected chi connectivity index (χ1v) is 33.4. The zero-order valence-corrected chi connectivity index (χ0v) is 53.0. The van der Waals surface area contributed by atoms with Gasteiger partial charge in [0, 0.05) is 75.1 Å². The Labute approximate surface area is 550 Å². The van der Waals surface area contributed by atoms with Gasteiger partial charge < -0.3 is 0 Å². The van der Waals surface area contributed by atoms with Crippen LogP contribution in [0, 0.1) is 0 Å². The van der Waals surface area contributed by atoms with E-state index in [1.165, 1.54) is 100 Å². The minimum Gasteiger partial charge on any atom is -0.276 e. The average Bonchev–Trinajstić information content (AvgIpc) is 1.56. The monoisotopic (exact) mass is 1290 g/mol. The molecule has 10 heteroatoms. The highest BCUT2D eigenvalue weighted by molar-refractivity contribution is 9.10. The van der Waals surface area contributed by atoms with Crippen LogP contribution in [0.25, 0.3) is 168 Å². The van der Waals surface area contributed by atoms with E-state index in [0.717, 1.165) is 55.9 Å². The number of benzene rings is 14. The van der Waals surface area contributed by atoms with Crippen LogP contribution in [0.1, 0.15) is 11.1 Å². The van der Waals surface area contributed by atoms with Crippen molar-refractivity contribution in [1.29, 1.82) is 0 Å². The van der Waals surface area contributed by atoms with E-state index < -0.39 is 0 Å². The molecule has 19 aromatic rings. The summed E-state index contributed by atoms with van der Waals surface area (Å²) in [6, 6.07) is 102. The molecule has 0 aliphatic heterocycles. The third-order valence-corrected chi connectivity index (χ3v) is 20.8. The highest BCUT2D eigenvalue weighted by Gasteiger charge is 2.27. The van der Waals surface area contributed by atoms with Crippen LogP contribution in [0.4, 0.5) is 0 Å². The van der Waals surface area contributed by atoms with Crippen molar-refractivity contribution in [3.8, 4) is 62.6 Å². The fourth-order valence-electron chi connectivity index (χ4n) is 14.0. The van der Waals surface area contributed by atoms with E-state index >= 15 is 0 Å². The molecule has 0 fully saturated rings. The zero-order valence-electron chi connectivity index (χ0n) is 49.7. The van der Waals surface area contributed by atoms with Crippen molar-refractivity contribution in [2.75, 3.05) is 0 Å². The van der Waals surface area contributed by atoms with Crippen LogP contribution < -0.4 is 0 Å². The van der Waals surface area contributed by atoms with Crippen LogP contribution in [-0.4, -0.2) is 34.5 Å². The molecule has 7 nitrogen and oxygen atoms in total. The molecular weight excluding hydrogens is 1240 g/mol. The van der Waals surface area contributed by atoms with Gasteiger partial charge in [-0.1, -0.05) is 273 Å². The first kappa shape index (κ1) is 54.8. The van der Waals surface area contributed by atoms with Crippen molar-refractivity contribution in [2.24, 2.45) is 0 Å². The van der Waals surface area contributed by atoms with Crippen molar-refractivity contribution >= 4 is 144 Å². The van der Waals surface area contributed by atoms with Gasteiger partial charge in [-0.05, 0) is 99.5 Å². The zero-order chi connectivity index (χ0) is 61.5.